The number of hydrogen-bond acceptors (Lipinski definition) is 4. The Balaban J connectivity index is 1.40. The normalized spacial score (nSPS) is 14.7. The molecule has 0 aliphatic heterocycles. The average Bonchev–Trinajstić information content (AvgIpc) is 3.45. The molecule has 43 heavy (non-hydrogen) atoms. The van der Waals surface area contributed by atoms with Gasteiger partial charge in [-0.15, -0.1) is 0 Å². The number of allylic oxidation sites excluding steroid dienone is 5. The molecule has 5 heteroatoms. The summed E-state index contributed by atoms with van der Waals surface area (Å²) in [5, 5.41) is 11.2. The van der Waals surface area contributed by atoms with Crippen molar-refractivity contribution in [2.24, 2.45) is 5.92 Å². The molecule has 0 atom stereocenters. The van der Waals surface area contributed by atoms with Crippen LogP contribution in [0.25, 0.3) is 33.4 Å². The maximum atomic E-state index is 5.06. The first-order chi connectivity index (χ1) is 20.9. The lowest BCUT2D eigenvalue weighted by Gasteiger charge is -2.22. The van der Waals surface area contributed by atoms with E-state index in [9.17, 15) is 0 Å². The quantitative estimate of drug-likeness (QED) is 0.176. The van der Waals surface area contributed by atoms with Crippen LogP contribution in [0.4, 0.5) is 5.82 Å². The molecule has 2 N–H and O–H groups in total. The van der Waals surface area contributed by atoms with Gasteiger partial charge >= 0.3 is 0 Å². The van der Waals surface area contributed by atoms with Crippen LogP contribution in [0.1, 0.15) is 86.9 Å². The number of pyridine rings is 2. The molecule has 0 spiro atoms. The molecule has 0 saturated heterocycles. The van der Waals surface area contributed by atoms with Gasteiger partial charge in [0.1, 0.15) is 17.0 Å². The fraction of sp³-hybridized carbons (Fsp3) is 0.342. The monoisotopic (exact) mass is 571 g/mol. The summed E-state index contributed by atoms with van der Waals surface area (Å²) >= 11 is 0. The molecule has 1 aromatic carbocycles. The summed E-state index contributed by atoms with van der Waals surface area (Å²) in [5.41, 5.74) is 12.4. The van der Waals surface area contributed by atoms with Gasteiger partial charge in [-0.1, -0.05) is 89.0 Å². The maximum Gasteiger partial charge on any atom is 0.134 e. The summed E-state index contributed by atoms with van der Waals surface area (Å²) in [4.78, 5) is 9.73. The van der Waals surface area contributed by atoms with Crippen molar-refractivity contribution < 1.29 is 0 Å². The van der Waals surface area contributed by atoms with E-state index in [2.05, 4.69) is 104 Å². The molecule has 1 saturated carbocycles. The zero-order valence-electron chi connectivity index (χ0n) is 26.3. The Bertz CT molecular complexity index is 1680. The van der Waals surface area contributed by atoms with E-state index >= 15 is 0 Å². The Labute approximate surface area is 257 Å². The summed E-state index contributed by atoms with van der Waals surface area (Å²) in [6, 6.07) is 12.9. The largest absolute Gasteiger partial charge is 0.339 e. The third-order valence-electron chi connectivity index (χ3n) is 8.81. The number of fused-ring (bicyclic) bond motifs is 1. The van der Waals surface area contributed by atoms with Gasteiger partial charge in [0.25, 0.3) is 0 Å². The highest BCUT2D eigenvalue weighted by molar-refractivity contribution is 5.91. The minimum atomic E-state index is 0.654. The average molecular weight is 572 g/mol. The van der Waals surface area contributed by atoms with Crippen molar-refractivity contribution in [3.63, 3.8) is 0 Å². The van der Waals surface area contributed by atoms with Gasteiger partial charge in [0.15, 0.2) is 0 Å². The van der Waals surface area contributed by atoms with Crippen molar-refractivity contribution in [1.82, 2.24) is 20.2 Å². The Morgan fingerprint density at radius 3 is 2.65 bits per heavy atom. The van der Waals surface area contributed by atoms with Gasteiger partial charge in [-0.05, 0) is 103 Å². The Morgan fingerprint density at radius 2 is 1.91 bits per heavy atom. The van der Waals surface area contributed by atoms with E-state index in [4.69, 9.17) is 4.98 Å². The second kappa shape index (κ2) is 13.8. The lowest BCUT2D eigenvalue weighted by Crippen LogP contribution is -2.06. The van der Waals surface area contributed by atoms with Crippen LogP contribution in [-0.2, 0) is 6.42 Å². The fourth-order valence-corrected chi connectivity index (χ4v) is 6.26. The van der Waals surface area contributed by atoms with E-state index in [1.807, 2.05) is 18.3 Å². The van der Waals surface area contributed by atoms with Gasteiger partial charge in [0.05, 0.1) is 16.9 Å². The molecule has 3 heterocycles. The van der Waals surface area contributed by atoms with E-state index in [0.717, 1.165) is 64.4 Å². The smallest absolute Gasteiger partial charge is 0.134 e. The van der Waals surface area contributed by atoms with Gasteiger partial charge < -0.3 is 5.32 Å². The van der Waals surface area contributed by atoms with Crippen LogP contribution < -0.4 is 5.32 Å². The van der Waals surface area contributed by atoms with E-state index in [1.165, 1.54) is 54.4 Å². The van der Waals surface area contributed by atoms with Crippen LogP contribution in [-0.4, -0.2) is 20.2 Å². The van der Waals surface area contributed by atoms with Crippen LogP contribution in [0.3, 0.4) is 0 Å². The number of aromatic amines is 1. The van der Waals surface area contributed by atoms with E-state index in [0.29, 0.717) is 11.4 Å². The van der Waals surface area contributed by atoms with Crippen LogP contribution in [0, 0.1) is 19.8 Å². The Hall–Kier alpha value is -4.25. The minimum Gasteiger partial charge on any atom is -0.339 e. The molecule has 0 radical (unpaired) electrons. The SMILES string of the molecule is C=C/C(=C\C(=C/C)c1ccc2[nH]nc(C(=C)Nc3nccc(-c4ccc(C)c(CCC)c4)c3C)c2n1)CC1CCCCC1. The number of anilines is 1. The van der Waals surface area contributed by atoms with Crippen LogP contribution in [0.15, 0.2) is 79.6 Å². The number of aromatic nitrogens is 4. The number of rotatable bonds is 11. The first-order valence-electron chi connectivity index (χ1n) is 15.8. The van der Waals surface area contributed by atoms with Crippen molar-refractivity contribution in [3.8, 4) is 11.1 Å². The van der Waals surface area contributed by atoms with E-state index in [-0.39, 0.29) is 0 Å². The van der Waals surface area contributed by atoms with Crippen LogP contribution >= 0.6 is 0 Å². The lowest BCUT2D eigenvalue weighted by atomic mass is 9.84. The lowest BCUT2D eigenvalue weighted by molar-refractivity contribution is 0.358. The van der Waals surface area contributed by atoms with Crippen molar-refractivity contribution in [3.05, 3.63) is 108 Å². The molecule has 4 aromatic rings. The fourth-order valence-electron chi connectivity index (χ4n) is 6.26. The van der Waals surface area contributed by atoms with Crippen molar-refractivity contribution in [2.75, 3.05) is 5.32 Å². The Kier molecular flexibility index (Phi) is 9.71. The molecule has 0 unspecified atom stereocenters. The molecule has 1 aliphatic rings. The molecule has 3 aromatic heterocycles. The first-order valence-corrected chi connectivity index (χ1v) is 15.8. The minimum absolute atomic E-state index is 0.654. The van der Waals surface area contributed by atoms with Crippen molar-refractivity contribution in [1.29, 1.82) is 0 Å². The summed E-state index contributed by atoms with van der Waals surface area (Å²) in [6.07, 6.45) is 18.2. The highest BCUT2D eigenvalue weighted by atomic mass is 15.2. The number of hydrogen-bond donors (Lipinski definition) is 2. The molecular formula is C38H45N5. The molecule has 1 fully saturated rings. The molecule has 5 nitrogen and oxygen atoms in total. The second-order valence-corrected chi connectivity index (χ2v) is 11.9. The predicted molar refractivity (Wildman–Crippen MR) is 183 cm³/mol. The third kappa shape index (κ3) is 6.88. The van der Waals surface area contributed by atoms with E-state index in [1.54, 1.807) is 0 Å². The zero-order valence-corrected chi connectivity index (χ0v) is 26.3. The van der Waals surface area contributed by atoms with Crippen molar-refractivity contribution >= 4 is 28.1 Å². The highest BCUT2D eigenvalue weighted by Gasteiger charge is 2.17. The van der Waals surface area contributed by atoms with Crippen LogP contribution in [0.5, 0.6) is 0 Å². The number of nitrogens with one attached hydrogen (secondary N) is 2. The molecule has 0 amide bonds. The number of aryl methyl sites for hydroxylation is 2. The zero-order chi connectivity index (χ0) is 30.3. The topological polar surface area (TPSA) is 66.5 Å². The summed E-state index contributed by atoms with van der Waals surface area (Å²) in [6.45, 7) is 17.0. The molecule has 5 rings (SSSR count). The number of benzene rings is 1. The van der Waals surface area contributed by atoms with Gasteiger partial charge in [-0.3, -0.25) is 5.10 Å². The van der Waals surface area contributed by atoms with Gasteiger partial charge in [-0.25, -0.2) is 9.97 Å². The first kappa shape index (κ1) is 30.2. The number of H-pyrrole nitrogens is 1. The van der Waals surface area contributed by atoms with Crippen molar-refractivity contribution in [2.45, 2.75) is 79.1 Å². The molecule has 1 aliphatic carbocycles. The summed E-state index contributed by atoms with van der Waals surface area (Å²) < 4.78 is 0. The predicted octanol–water partition coefficient (Wildman–Crippen LogP) is 10.2. The third-order valence-corrected chi connectivity index (χ3v) is 8.81. The van der Waals surface area contributed by atoms with E-state index < -0.39 is 0 Å². The molecule has 0 bridgehead atoms. The molecule has 222 valence electrons. The number of nitrogens with zero attached hydrogens (tertiary/aromatic N) is 3. The Morgan fingerprint density at radius 1 is 1.09 bits per heavy atom. The standard InChI is InChI=1S/C38H45N5/c1-7-13-31-24-32(17-16-25(31)4)33-20-21-39-38(26(33)5)40-27(6)36-37-35(42-43-36)19-18-34(41-37)30(9-3)23-28(8-2)22-29-14-11-10-12-15-29/h8-9,16-21,23-24,29H,2,6-7,10-15,22H2,1,3-5H3,(H,39,40)(H,42,43)/b28-23+,30-9+. The van der Waals surface area contributed by atoms with Gasteiger partial charge in [-0.2, -0.15) is 5.10 Å². The summed E-state index contributed by atoms with van der Waals surface area (Å²) in [5.74, 6) is 1.52. The van der Waals surface area contributed by atoms with Crippen LogP contribution in [0.2, 0.25) is 0 Å². The highest BCUT2D eigenvalue weighted by Crippen LogP contribution is 2.33. The van der Waals surface area contributed by atoms with Gasteiger partial charge in [0, 0.05) is 6.20 Å². The maximum absolute atomic E-state index is 5.06. The second-order valence-electron chi connectivity index (χ2n) is 11.9. The summed E-state index contributed by atoms with van der Waals surface area (Å²) in [7, 11) is 0. The molecular weight excluding hydrogens is 526 g/mol. The van der Waals surface area contributed by atoms with Gasteiger partial charge in [0.2, 0.25) is 0 Å².